The molecule has 3 heteroatoms. The maximum atomic E-state index is 6.54. The predicted molar refractivity (Wildman–Crippen MR) is 108 cm³/mol. The van der Waals surface area contributed by atoms with Gasteiger partial charge in [0.2, 0.25) is 0 Å². The molecule has 0 aliphatic carbocycles. The Kier molecular flexibility index (Phi) is 6.15. The van der Waals surface area contributed by atoms with Crippen molar-refractivity contribution in [2.24, 2.45) is 0 Å². The Hall–Kier alpha value is -2.78. The Morgan fingerprint density at radius 1 is 0.667 bits per heavy atom. The van der Waals surface area contributed by atoms with Crippen LogP contribution in [-0.4, -0.2) is 20.8 Å². The van der Waals surface area contributed by atoms with Crippen LogP contribution in [0.1, 0.15) is 23.1 Å². The van der Waals surface area contributed by atoms with Crippen LogP contribution in [0.2, 0.25) is 0 Å². The lowest BCUT2D eigenvalue weighted by atomic mass is 9.80. The third-order valence-corrected chi connectivity index (χ3v) is 4.64. The van der Waals surface area contributed by atoms with Crippen molar-refractivity contribution < 1.29 is 14.2 Å². The van der Waals surface area contributed by atoms with Gasteiger partial charge >= 0.3 is 0 Å². The van der Waals surface area contributed by atoms with Crippen molar-refractivity contribution in [1.82, 2.24) is 0 Å². The van der Waals surface area contributed by atoms with Crippen LogP contribution in [0.15, 0.2) is 78.9 Å². The Balaban J connectivity index is 2.22. The third-order valence-electron chi connectivity index (χ3n) is 4.64. The first-order valence-corrected chi connectivity index (χ1v) is 9.02. The van der Waals surface area contributed by atoms with Crippen LogP contribution in [0.4, 0.5) is 0 Å². The average molecular weight is 361 g/mol. The molecular weight excluding hydrogens is 336 g/mol. The summed E-state index contributed by atoms with van der Waals surface area (Å²) in [5.41, 5.74) is 2.40. The van der Waals surface area contributed by atoms with Crippen LogP contribution < -0.4 is 9.47 Å². The largest absolute Gasteiger partial charge is 0.497 e. The normalized spacial score (nSPS) is 11.2. The molecule has 0 bridgehead atoms. The molecule has 0 amide bonds. The van der Waals surface area contributed by atoms with Crippen molar-refractivity contribution in [2.75, 3.05) is 20.8 Å². The average Bonchev–Trinajstić information content (AvgIpc) is 2.76. The van der Waals surface area contributed by atoms with Gasteiger partial charge < -0.3 is 14.2 Å². The second kappa shape index (κ2) is 8.74. The van der Waals surface area contributed by atoms with E-state index in [1.54, 1.807) is 14.2 Å². The summed E-state index contributed by atoms with van der Waals surface area (Å²) in [7, 11) is 3.34. The molecule has 0 N–H and O–H groups in total. The van der Waals surface area contributed by atoms with Gasteiger partial charge in [0, 0.05) is 6.61 Å². The highest BCUT2D eigenvalue weighted by molar-refractivity contribution is 5.49. The van der Waals surface area contributed by atoms with Gasteiger partial charge in [-0.05, 0) is 47.4 Å². The molecule has 0 aliphatic rings. The minimum Gasteiger partial charge on any atom is -0.497 e. The van der Waals surface area contributed by atoms with E-state index in [1.165, 1.54) is 0 Å². The van der Waals surface area contributed by atoms with Crippen molar-refractivity contribution >= 4 is 0 Å². The third kappa shape index (κ3) is 3.83. The molecule has 0 heterocycles. The minimum atomic E-state index is -0.739. The summed E-state index contributed by atoms with van der Waals surface area (Å²) >= 11 is 0. The van der Waals surface area contributed by atoms with E-state index < -0.39 is 5.60 Å². The maximum Gasteiger partial charge on any atom is 0.143 e. The summed E-state index contributed by atoms with van der Waals surface area (Å²) < 4.78 is 17.2. The first-order chi connectivity index (χ1) is 13.2. The Bertz CT molecular complexity index is 776. The molecule has 3 aromatic rings. The molecule has 0 spiro atoms. The van der Waals surface area contributed by atoms with E-state index in [0.29, 0.717) is 13.0 Å². The van der Waals surface area contributed by atoms with Crippen molar-refractivity contribution in [3.63, 3.8) is 0 Å². The molecule has 0 saturated carbocycles. The van der Waals surface area contributed by atoms with Gasteiger partial charge in [-0.15, -0.1) is 0 Å². The molecule has 139 valence electrons. The Labute approximate surface area is 161 Å². The SMILES string of the molecule is [CH2]CCOC(c1ccccc1)(c1ccc(OC)cc1)c1ccc(OC)cc1. The zero-order chi connectivity index (χ0) is 19.1. The number of benzene rings is 3. The molecule has 3 rings (SSSR count). The Morgan fingerprint density at radius 3 is 1.52 bits per heavy atom. The van der Waals surface area contributed by atoms with E-state index in [0.717, 1.165) is 28.2 Å². The highest BCUT2D eigenvalue weighted by Crippen LogP contribution is 2.41. The van der Waals surface area contributed by atoms with Gasteiger partial charge in [0.15, 0.2) is 0 Å². The van der Waals surface area contributed by atoms with Crippen LogP contribution in [0.5, 0.6) is 11.5 Å². The van der Waals surface area contributed by atoms with Gasteiger partial charge in [-0.2, -0.15) is 0 Å². The molecule has 27 heavy (non-hydrogen) atoms. The van der Waals surface area contributed by atoms with Crippen LogP contribution in [-0.2, 0) is 10.3 Å². The van der Waals surface area contributed by atoms with Crippen molar-refractivity contribution in [2.45, 2.75) is 12.0 Å². The minimum absolute atomic E-state index is 0.535. The van der Waals surface area contributed by atoms with E-state index >= 15 is 0 Å². The van der Waals surface area contributed by atoms with Crippen LogP contribution in [0, 0.1) is 6.92 Å². The van der Waals surface area contributed by atoms with Gasteiger partial charge in [-0.1, -0.05) is 61.5 Å². The fourth-order valence-corrected chi connectivity index (χ4v) is 3.30. The zero-order valence-electron chi connectivity index (χ0n) is 15.9. The van der Waals surface area contributed by atoms with Gasteiger partial charge in [-0.3, -0.25) is 0 Å². The van der Waals surface area contributed by atoms with Crippen LogP contribution >= 0.6 is 0 Å². The van der Waals surface area contributed by atoms with E-state index in [-0.39, 0.29) is 0 Å². The van der Waals surface area contributed by atoms with Crippen LogP contribution in [0.3, 0.4) is 0 Å². The summed E-state index contributed by atoms with van der Waals surface area (Å²) in [4.78, 5) is 0. The number of methoxy groups -OCH3 is 2. The zero-order valence-corrected chi connectivity index (χ0v) is 15.9. The molecular formula is C24H25O3. The number of hydrogen-bond acceptors (Lipinski definition) is 3. The standard InChI is InChI=1S/C24H25O3/c1-4-18-27-24(19-8-6-5-7-9-19,20-10-14-22(25-2)15-11-20)21-12-16-23(26-3)17-13-21/h5-17H,1,4,18H2,2-3H3. The quantitative estimate of drug-likeness (QED) is 0.514. The Morgan fingerprint density at radius 2 is 1.11 bits per heavy atom. The summed E-state index contributed by atoms with van der Waals surface area (Å²) in [6, 6.07) is 26.3. The maximum absolute atomic E-state index is 6.54. The first-order valence-electron chi connectivity index (χ1n) is 9.02. The van der Waals surface area contributed by atoms with Gasteiger partial charge in [0.25, 0.3) is 0 Å². The summed E-state index contributed by atoms with van der Waals surface area (Å²) in [5, 5.41) is 0. The fraction of sp³-hybridized carbons (Fsp3) is 0.208. The molecule has 1 radical (unpaired) electrons. The van der Waals surface area contributed by atoms with Gasteiger partial charge in [-0.25, -0.2) is 0 Å². The highest BCUT2D eigenvalue weighted by atomic mass is 16.5. The highest BCUT2D eigenvalue weighted by Gasteiger charge is 2.37. The molecule has 3 nitrogen and oxygen atoms in total. The second-order valence-electron chi connectivity index (χ2n) is 6.21. The molecule has 0 saturated heterocycles. The van der Waals surface area contributed by atoms with Crippen molar-refractivity contribution in [3.05, 3.63) is 102 Å². The van der Waals surface area contributed by atoms with Crippen LogP contribution in [0.25, 0.3) is 0 Å². The lowest BCUT2D eigenvalue weighted by molar-refractivity contribution is 0.0154. The molecule has 0 fully saturated rings. The molecule has 3 aromatic carbocycles. The number of rotatable bonds is 8. The van der Waals surface area contributed by atoms with E-state index in [1.807, 2.05) is 42.5 Å². The number of hydrogen-bond donors (Lipinski definition) is 0. The smallest absolute Gasteiger partial charge is 0.143 e. The van der Waals surface area contributed by atoms with E-state index in [9.17, 15) is 0 Å². The monoisotopic (exact) mass is 361 g/mol. The molecule has 0 aromatic heterocycles. The van der Waals surface area contributed by atoms with Gasteiger partial charge in [0.1, 0.15) is 17.1 Å². The fourth-order valence-electron chi connectivity index (χ4n) is 3.30. The lowest BCUT2D eigenvalue weighted by Crippen LogP contribution is -2.33. The molecule has 0 atom stereocenters. The molecule has 0 aliphatic heterocycles. The summed E-state index contributed by atoms with van der Waals surface area (Å²) in [6.45, 7) is 4.49. The summed E-state index contributed by atoms with van der Waals surface area (Å²) in [5.74, 6) is 1.63. The van der Waals surface area contributed by atoms with E-state index in [4.69, 9.17) is 14.2 Å². The second-order valence-corrected chi connectivity index (χ2v) is 6.21. The lowest BCUT2D eigenvalue weighted by Gasteiger charge is -2.36. The first kappa shape index (κ1) is 19.0. The van der Waals surface area contributed by atoms with Crippen molar-refractivity contribution in [1.29, 1.82) is 0 Å². The molecule has 0 unspecified atom stereocenters. The number of ether oxygens (including phenoxy) is 3. The van der Waals surface area contributed by atoms with Gasteiger partial charge in [0.05, 0.1) is 14.2 Å². The summed E-state index contributed by atoms with van der Waals surface area (Å²) in [6.07, 6.45) is 0.681. The predicted octanol–water partition coefficient (Wildman–Crippen LogP) is 5.24. The topological polar surface area (TPSA) is 27.7 Å². The van der Waals surface area contributed by atoms with Crippen molar-refractivity contribution in [3.8, 4) is 11.5 Å². The van der Waals surface area contributed by atoms with E-state index in [2.05, 4.69) is 43.3 Å².